The van der Waals surface area contributed by atoms with Crippen LogP contribution in [0.25, 0.3) is 0 Å². The first-order valence-corrected chi connectivity index (χ1v) is 4.61. The van der Waals surface area contributed by atoms with Crippen molar-refractivity contribution in [2.75, 3.05) is 0 Å². The van der Waals surface area contributed by atoms with E-state index in [2.05, 4.69) is 10.0 Å². The number of esters is 2. The Kier molecular flexibility index (Phi) is 4.08. The monoisotopic (exact) mass is 236 g/mol. The average molecular weight is 236 g/mol. The van der Waals surface area contributed by atoms with Crippen LogP contribution in [0.1, 0.15) is 13.8 Å². The third-order valence-corrected chi connectivity index (χ3v) is 1.60. The van der Waals surface area contributed by atoms with E-state index in [9.17, 15) is 9.59 Å². The minimum atomic E-state index is -0.522. The van der Waals surface area contributed by atoms with E-state index < -0.39 is 11.9 Å². The summed E-state index contributed by atoms with van der Waals surface area (Å²) in [6.07, 6.45) is 0. The van der Waals surface area contributed by atoms with E-state index in [0.717, 1.165) is 0 Å². The highest BCUT2D eigenvalue weighted by molar-refractivity contribution is 5.73. The molecule has 0 fully saturated rings. The molecule has 88 valence electrons. The van der Waals surface area contributed by atoms with Crippen molar-refractivity contribution in [3.8, 4) is 11.5 Å². The first-order chi connectivity index (χ1) is 8.02. The van der Waals surface area contributed by atoms with Gasteiger partial charge in [-0.3, -0.25) is 9.59 Å². The quantitative estimate of drug-likeness (QED) is 0.373. The van der Waals surface area contributed by atoms with Crippen molar-refractivity contribution >= 4 is 17.6 Å². The van der Waals surface area contributed by atoms with Crippen LogP contribution < -0.4 is 14.4 Å². The topological polar surface area (TPSA) is 103 Å². The van der Waals surface area contributed by atoms with Gasteiger partial charge in [-0.2, -0.15) is 0 Å². The van der Waals surface area contributed by atoms with Crippen molar-refractivity contribution in [3.63, 3.8) is 0 Å². The number of carbonyl (C=O) groups excluding carboxylic acids is 2. The highest BCUT2D eigenvalue weighted by Gasteiger charge is 2.12. The molecule has 0 bridgehead atoms. The molecule has 0 spiro atoms. The highest BCUT2D eigenvalue weighted by Crippen LogP contribution is 2.31. The van der Waals surface area contributed by atoms with Crippen LogP contribution in [0, 0.1) is 5.53 Å². The van der Waals surface area contributed by atoms with Gasteiger partial charge in [-0.25, -0.2) is 0 Å². The second-order valence-corrected chi connectivity index (χ2v) is 3.02. The maximum atomic E-state index is 10.8. The van der Waals surface area contributed by atoms with Crippen LogP contribution in [0.4, 0.5) is 5.69 Å². The molecule has 0 aliphatic heterocycles. The van der Waals surface area contributed by atoms with Gasteiger partial charge in [0.05, 0.1) is 0 Å². The minimum absolute atomic E-state index is 0.133. The first-order valence-electron chi connectivity index (χ1n) is 4.61. The predicted molar refractivity (Wildman–Crippen MR) is 56.0 cm³/mol. The van der Waals surface area contributed by atoms with Crippen molar-refractivity contribution in [3.05, 3.63) is 18.2 Å². The second kappa shape index (κ2) is 5.53. The third-order valence-electron chi connectivity index (χ3n) is 1.60. The highest BCUT2D eigenvalue weighted by atomic mass is 16.5. The number of benzene rings is 1. The van der Waals surface area contributed by atoms with E-state index in [1.54, 1.807) is 0 Å². The Morgan fingerprint density at radius 1 is 1.24 bits per heavy atom. The molecule has 0 aromatic heterocycles. The van der Waals surface area contributed by atoms with Crippen molar-refractivity contribution in [1.29, 1.82) is 5.53 Å². The summed E-state index contributed by atoms with van der Waals surface area (Å²) in [6, 6.07) is 4.20. The molecular formula is C10H10N3O4+. The number of hydrogen-bond acceptors (Lipinski definition) is 6. The van der Waals surface area contributed by atoms with Crippen LogP contribution >= 0.6 is 0 Å². The number of nitrogens with one attached hydrogen (secondary N) is 1. The molecule has 0 saturated heterocycles. The van der Waals surface area contributed by atoms with Crippen molar-refractivity contribution in [1.82, 2.24) is 4.91 Å². The lowest BCUT2D eigenvalue weighted by Gasteiger charge is -2.04. The van der Waals surface area contributed by atoms with Crippen molar-refractivity contribution in [2.24, 2.45) is 5.11 Å². The summed E-state index contributed by atoms with van der Waals surface area (Å²) in [4.78, 5) is 24.4. The lowest BCUT2D eigenvalue weighted by molar-refractivity contribution is -0.133. The molecule has 0 atom stereocenters. The maximum absolute atomic E-state index is 10.8. The standard InChI is InChI=1S/C10H10N3O4/c1-6(14)16-8-3-4-10(17-7(2)15)9(5-8)12-13-11/h3-5,11H,1-2H3/q+1. The molecule has 7 nitrogen and oxygen atoms in total. The van der Waals surface area contributed by atoms with Gasteiger partial charge in [-0.15, -0.1) is 0 Å². The molecule has 0 aliphatic rings. The molecular weight excluding hydrogens is 226 g/mol. The van der Waals surface area contributed by atoms with Gasteiger partial charge in [0.25, 0.3) is 0 Å². The molecule has 0 unspecified atom stereocenters. The van der Waals surface area contributed by atoms with E-state index in [4.69, 9.17) is 15.0 Å². The Balaban J connectivity index is 3.11. The van der Waals surface area contributed by atoms with E-state index in [0.29, 0.717) is 0 Å². The SMILES string of the molecule is CC(=O)Oc1ccc(OC(C)=O)c(N=[N+]=N)c1. The summed E-state index contributed by atoms with van der Waals surface area (Å²) in [5.41, 5.74) is 6.77. The number of carbonyl (C=O) groups is 2. The largest absolute Gasteiger partial charge is 0.427 e. The van der Waals surface area contributed by atoms with Crippen molar-refractivity contribution in [2.45, 2.75) is 13.8 Å². The predicted octanol–water partition coefficient (Wildman–Crippen LogP) is 1.72. The summed E-state index contributed by atoms with van der Waals surface area (Å²) in [5.74, 6) is -0.633. The minimum Gasteiger partial charge on any atom is -0.427 e. The second-order valence-electron chi connectivity index (χ2n) is 3.02. The van der Waals surface area contributed by atoms with Crippen LogP contribution in [0.15, 0.2) is 23.3 Å². The first kappa shape index (κ1) is 12.5. The van der Waals surface area contributed by atoms with E-state index >= 15 is 0 Å². The van der Waals surface area contributed by atoms with Crippen LogP contribution in [0.2, 0.25) is 0 Å². The van der Waals surface area contributed by atoms with Gasteiger partial charge < -0.3 is 9.47 Å². The molecule has 0 aliphatic carbocycles. The Hall–Kier alpha value is -2.53. The van der Waals surface area contributed by atoms with Gasteiger partial charge in [0.15, 0.2) is 16.6 Å². The Bertz CT molecular complexity index is 506. The zero-order valence-electron chi connectivity index (χ0n) is 9.26. The van der Waals surface area contributed by atoms with Gasteiger partial charge in [-0.05, 0) is 12.1 Å². The fourth-order valence-electron chi connectivity index (χ4n) is 1.10. The zero-order valence-corrected chi connectivity index (χ0v) is 9.26. The summed E-state index contributed by atoms with van der Waals surface area (Å²) in [7, 11) is 0. The Labute approximate surface area is 96.6 Å². The normalized spacial score (nSPS) is 9.06. The molecule has 7 heteroatoms. The summed E-state index contributed by atoms with van der Waals surface area (Å²) in [6.45, 7) is 2.49. The van der Waals surface area contributed by atoms with Crippen LogP contribution in [-0.2, 0) is 9.59 Å². The lowest BCUT2D eigenvalue weighted by atomic mass is 10.3. The van der Waals surface area contributed by atoms with E-state index in [-0.39, 0.29) is 17.2 Å². The van der Waals surface area contributed by atoms with Gasteiger partial charge in [0, 0.05) is 19.9 Å². The Morgan fingerprint density at radius 3 is 2.41 bits per heavy atom. The number of hydrogen-bond donors (Lipinski definition) is 1. The summed E-state index contributed by atoms with van der Waals surface area (Å²) in [5, 5.41) is 3.45. The Morgan fingerprint density at radius 2 is 1.88 bits per heavy atom. The number of rotatable bonds is 3. The lowest BCUT2D eigenvalue weighted by Crippen LogP contribution is -2.03. The fourth-order valence-corrected chi connectivity index (χ4v) is 1.10. The molecule has 1 N–H and O–H groups in total. The molecule has 0 saturated carbocycles. The van der Waals surface area contributed by atoms with Gasteiger partial charge >= 0.3 is 11.9 Å². The maximum Gasteiger partial charge on any atom is 0.308 e. The van der Waals surface area contributed by atoms with Gasteiger partial charge in [-0.1, -0.05) is 0 Å². The van der Waals surface area contributed by atoms with E-state index in [1.165, 1.54) is 32.0 Å². The summed E-state index contributed by atoms with van der Waals surface area (Å²) < 4.78 is 9.66. The van der Waals surface area contributed by atoms with Crippen molar-refractivity contribution < 1.29 is 19.1 Å². The molecule has 0 amide bonds. The zero-order chi connectivity index (χ0) is 12.8. The summed E-state index contributed by atoms with van der Waals surface area (Å²) >= 11 is 0. The van der Waals surface area contributed by atoms with Gasteiger partial charge in [0.2, 0.25) is 4.91 Å². The molecule has 1 aromatic carbocycles. The number of ether oxygens (including phenoxy) is 2. The third kappa shape index (κ3) is 3.84. The molecule has 0 heterocycles. The molecule has 0 radical (unpaired) electrons. The average Bonchev–Trinajstić information content (AvgIpc) is 2.21. The van der Waals surface area contributed by atoms with E-state index in [1.807, 2.05) is 0 Å². The smallest absolute Gasteiger partial charge is 0.308 e. The molecule has 17 heavy (non-hydrogen) atoms. The van der Waals surface area contributed by atoms with Gasteiger partial charge in [0.1, 0.15) is 11.3 Å². The molecule has 1 aromatic rings. The van der Waals surface area contributed by atoms with Crippen LogP contribution in [0.3, 0.4) is 0 Å². The van der Waals surface area contributed by atoms with Crippen LogP contribution in [0.5, 0.6) is 11.5 Å². The molecule has 1 rings (SSSR count). The van der Waals surface area contributed by atoms with Crippen LogP contribution in [-0.4, -0.2) is 11.9 Å². The fraction of sp³-hybridized carbons (Fsp3) is 0.200. The number of nitrogens with zero attached hydrogens (tertiary/aromatic N) is 2.